The number of ether oxygens (including phenoxy) is 2. The number of piperidine rings is 1. The van der Waals surface area contributed by atoms with Gasteiger partial charge in [-0.3, -0.25) is 9.59 Å². The first-order valence-electron chi connectivity index (χ1n) is 7.53. The molecule has 0 aromatic heterocycles. The summed E-state index contributed by atoms with van der Waals surface area (Å²) in [5.74, 6) is 0.0444. The molecule has 1 amide bonds. The third-order valence-corrected chi connectivity index (χ3v) is 4.75. The number of halogens is 2. The Morgan fingerprint density at radius 3 is 2.83 bits per heavy atom. The summed E-state index contributed by atoms with van der Waals surface area (Å²) in [5.41, 5.74) is 0. The zero-order chi connectivity index (χ0) is 16.8. The number of likely N-dealkylation sites (tertiary alicyclic amines) is 1. The van der Waals surface area contributed by atoms with Crippen LogP contribution in [0.1, 0.15) is 19.8 Å². The van der Waals surface area contributed by atoms with Gasteiger partial charge in [-0.2, -0.15) is 0 Å². The van der Waals surface area contributed by atoms with E-state index in [9.17, 15) is 9.59 Å². The second-order valence-corrected chi connectivity index (χ2v) is 7.06. The van der Waals surface area contributed by atoms with Crippen molar-refractivity contribution >= 4 is 43.7 Å². The van der Waals surface area contributed by atoms with Crippen molar-refractivity contribution < 1.29 is 19.1 Å². The molecule has 5 nitrogen and oxygen atoms in total. The number of hydrogen-bond donors (Lipinski definition) is 0. The highest BCUT2D eigenvalue weighted by Gasteiger charge is 2.29. The lowest BCUT2D eigenvalue weighted by Gasteiger charge is -2.31. The molecule has 1 unspecified atom stereocenters. The zero-order valence-electron chi connectivity index (χ0n) is 12.9. The van der Waals surface area contributed by atoms with E-state index in [0.29, 0.717) is 25.4 Å². The Hall–Kier alpha value is -1.08. The van der Waals surface area contributed by atoms with Gasteiger partial charge in [-0.25, -0.2) is 0 Å². The van der Waals surface area contributed by atoms with Crippen LogP contribution in [0.5, 0.6) is 5.75 Å². The van der Waals surface area contributed by atoms with E-state index in [2.05, 4.69) is 31.9 Å². The Balaban J connectivity index is 1.88. The molecular formula is C16H19Br2NO4. The third-order valence-electron chi connectivity index (χ3n) is 3.64. The highest BCUT2D eigenvalue weighted by molar-refractivity contribution is 9.11. The van der Waals surface area contributed by atoms with Gasteiger partial charge in [-0.1, -0.05) is 15.9 Å². The van der Waals surface area contributed by atoms with E-state index >= 15 is 0 Å². The van der Waals surface area contributed by atoms with E-state index in [1.54, 1.807) is 17.9 Å². The van der Waals surface area contributed by atoms with Crippen LogP contribution in [0.2, 0.25) is 0 Å². The molecule has 1 aliphatic heterocycles. The van der Waals surface area contributed by atoms with Crippen LogP contribution in [0.3, 0.4) is 0 Å². The number of carbonyl (C=O) groups is 2. The Morgan fingerprint density at radius 1 is 1.35 bits per heavy atom. The molecule has 23 heavy (non-hydrogen) atoms. The minimum Gasteiger partial charge on any atom is -0.483 e. The van der Waals surface area contributed by atoms with Gasteiger partial charge in [0.15, 0.2) is 6.61 Å². The molecule has 1 aliphatic rings. The molecule has 1 atom stereocenters. The van der Waals surface area contributed by atoms with Crippen molar-refractivity contribution in [1.29, 1.82) is 0 Å². The second kappa shape index (κ2) is 8.68. The molecule has 126 valence electrons. The molecule has 0 spiro atoms. The maximum absolute atomic E-state index is 12.3. The largest absolute Gasteiger partial charge is 0.483 e. The first kappa shape index (κ1) is 18.3. The molecule has 2 rings (SSSR count). The van der Waals surface area contributed by atoms with Crippen LogP contribution < -0.4 is 4.74 Å². The van der Waals surface area contributed by atoms with Crippen molar-refractivity contribution in [3.8, 4) is 5.75 Å². The van der Waals surface area contributed by atoms with Crippen molar-refractivity contribution in [1.82, 2.24) is 4.90 Å². The SMILES string of the molecule is CCOC(=O)C1CCCN(C(=O)COc2ccc(Br)cc2Br)C1. The van der Waals surface area contributed by atoms with Gasteiger partial charge in [0.1, 0.15) is 5.75 Å². The van der Waals surface area contributed by atoms with E-state index in [0.717, 1.165) is 21.8 Å². The first-order valence-corrected chi connectivity index (χ1v) is 9.12. The van der Waals surface area contributed by atoms with Gasteiger partial charge in [-0.05, 0) is 53.9 Å². The molecule has 1 heterocycles. The fraction of sp³-hybridized carbons (Fsp3) is 0.500. The van der Waals surface area contributed by atoms with Gasteiger partial charge in [0.25, 0.3) is 5.91 Å². The fourth-order valence-corrected chi connectivity index (χ4v) is 3.64. The van der Waals surface area contributed by atoms with Crippen LogP contribution >= 0.6 is 31.9 Å². The molecule has 0 bridgehead atoms. The minimum absolute atomic E-state index is 0.0459. The molecule has 1 saturated heterocycles. The Morgan fingerprint density at radius 2 is 2.13 bits per heavy atom. The third kappa shape index (κ3) is 5.21. The topological polar surface area (TPSA) is 55.8 Å². The monoisotopic (exact) mass is 447 g/mol. The normalized spacial score (nSPS) is 17.7. The Bertz CT molecular complexity index is 579. The number of benzene rings is 1. The summed E-state index contributed by atoms with van der Waals surface area (Å²) in [6.07, 6.45) is 1.57. The van der Waals surface area contributed by atoms with Crippen LogP contribution in [0, 0.1) is 5.92 Å². The lowest BCUT2D eigenvalue weighted by Crippen LogP contribution is -2.44. The molecule has 1 fully saturated rings. The quantitative estimate of drug-likeness (QED) is 0.648. The van der Waals surface area contributed by atoms with Crippen molar-refractivity contribution in [2.45, 2.75) is 19.8 Å². The zero-order valence-corrected chi connectivity index (χ0v) is 16.1. The predicted molar refractivity (Wildman–Crippen MR) is 93.3 cm³/mol. The van der Waals surface area contributed by atoms with Gasteiger partial charge in [-0.15, -0.1) is 0 Å². The van der Waals surface area contributed by atoms with Gasteiger partial charge < -0.3 is 14.4 Å². The van der Waals surface area contributed by atoms with Crippen LogP contribution in [-0.4, -0.2) is 43.1 Å². The predicted octanol–water partition coefficient (Wildman–Crippen LogP) is 3.39. The molecule has 1 aromatic carbocycles. The minimum atomic E-state index is -0.230. The van der Waals surface area contributed by atoms with Crippen molar-refractivity contribution in [2.24, 2.45) is 5.92 Å². The fourth-order valence-electron chi connectivity index (χ4n) is 2.48. The average molecular weight is 449 g/mol. The summed E-state index contributed by atoms with van der Waals surface area (Å²) in [6.45, 7) is 3.16. The van der Waals surface area contributed by atoms with E-state index in [1.165, 1.54) is 0 Å². The van der Waals surface area contributed by atoms with Crippen molar-refractivity contribution in [3.05, 3.63) is 27.1 Å². The first-order chi connectivity index (χ1) is 11.0. The lowest BCUT2D eigenvalue weighted by atomic mass is 9.98. The summed E-state index contributed by atoms with van der Waals surface area (Å²) in [5, 5.41) is 0. The molecular weight excluding hydrogens is 430 g/mol. The number of amides is 1. The number of nitrogens with zero attached hydrogens (tertiary/aromatic N) is 1. The molecule has 0 N–H and O–H groups in total. The Labute approximate surface area is 152 Å². The maximum Gasteiger partial charge on any atom is 0.310 e. The van der Waals surface area contributed by atoms with Gasteiger partial charge in [0.2, 0.25) is 0 Å². The maximum atomic E-state index is 12.3. The molecule has 0 aliphatic carbocycles. The summed E-state index contributed by atoms with van der Waals surface area (Å²) >= 11 is 6.77. The molecule has 1 aromatic rings. The van der Waals surface area contributed by atoms with Gasteiger partial charge in [0.05, 0.1) is 17.0 Å². The highest BCUT2D eigenvalue weighted by Crippen LogP contribution is 2.28. The standard InChI is InChI=1S/C16H19Br2NO4/c1-2-22-16(21)11-4-3-7-19(9-11)15(20)10-23-14-6-5-12(17)8-13(14)18/h5-6,8,11H,2-4,7,9-10H2,1H3. The lowest BCUT2D eigenvalue weighted by molar-refractivity contribution is -0.151. The summed E-state index contributed by atoms with van der Waals surface area (Å²) in [6, 6.07) is 5.50. The molecule has 0 saturated carbocycles. The smallest absolute Gasteiger partial charge is 0.310 e. The summed E-state index contributed by atoms with van der Waals surface area (Å²) in [7, 11) is 0. The van der Waals surface area contributed by atoms with E-state index in [1.807, 2.05) is 12.1 Å². The van der Waals surface area contributed by atoms with E-state index < -0.39 is 0 Å². The molecule has 7 heteroatoms. The number of esters is 1. The van der Waals surface area contributed by atoms with E-state index in [-0.39, 0.29) is 24.4 Å². The average Bonchev–Trinajstić information content (AvgIpc) is 2.54. The molecule has 0 radical (unpaired) electrons. The highest BCUT2D eigenvalue weighted by atomic mass is 79.9. The number of hydrogen-bond acceptors (Lipinski definition) is 4. The Kier molecular flexibility index (Phi) is 6.89. The van der Waals surface area contributed by atoms with Crippen LogP contribution in [0.25, 0.3) is 0 Å². The van der Waals surface area contributed by atoms with Crippen LogP contribution in [0.4, 0.5) is 0 Å². The number of rotatable bonds is 5. The summed E-state index contributed by atoms with van der Waals surface area (Å²) < 4.78 is 12.3. The van der Waals surface area contributed by atoms with Crippen molar-refractivity contribution in [3.63, 3.8) is 0 Å². The number of carbonyl (C=O) groups excluding carboxylic acids is 2. The van der Waals surface area contributed by atoms with E-state index in [4.69, 9.17) is 9.47 Å². The van der Waals surface area contributed by atoms with Crippen LogP contribution in [-0.2, 0) is 14.3 Å². The van der Waals surface area contributed by atoms with Crippen LogP contribution in [0.15, 0.2) is 27.1 Å². The second-order valence-electron chi connectivity index (χ2n) is 5.29. The summed E-state index contributed by atoms with van der Waals surface area (Å²) in [4.78, 5) is 25.8. The van der Waals surface area contributed by atoms with Gasteiger partial charge in [0, 0.05) is 17.6 Å². The van der Waals surface area contributed by atoms with Crippen molar-refractivity contribution in [2.75, 3.05) is 26.3 Å². The van der Waals surface area contributed by atoms with Gasteiger partial charge >= 0.3 is 5.97 Å².